The fourth-order valence-corrected chi connectivity index (χ4v) is 2.63. The Morgan fingerprint density at radius 1 is 1.12 bits per heavy atom. The molecule has 8 heteroatoms. The van der Waals surface area contributed by atoms with Crippen molar-refractivity contribution in [3.63, 3.8) is 0 Å². The van der Waals surface area contributed by atoms with E-state index in [0.717, 1.165) is 5.56 Å². The van der Waals surface area contributed by atoms with Crippen molar-refractivity contribution < 1.29 is 14.3 Å². The van der Waals surface area contributed by atoms with Gasteiger partial charge in [-0.15, -0.1) is 0 Å². The van der Waals surface area contributed by atoms with E-state index in [0.29, 0.717) is 6.42 Å². The van der Waals surface area contributed by atoms with E-state index in [4.69, 9.17) is 4.74 Å². The molecule has 0 spiro atoms. The lowest BCUT2D eigenvalue weighted by atomic mass is 10.0. The molecule has 0 saturated carbocycles. The zero-order chi connectivity index (χ0) is 17.6. The number of carbonyl (C=O) groups excluding carboxylic acids is 2. The summed E-state index contributed by atoms with van der Waals surface area (Å²) in [5.41, 5.74) is 12.2. The third-order valence-corrected chi connectivity index (χ3v) is 3.93. The number of carbonyl (C=O) groups is 2. The second-order valence-corrected chi connectivity index (χ2v) is 5.54. The Balaban J connectivity index is 1.54. The van der Waals surface area contributed by atoms with Crippen LogP contribution in [0.15, 0.2) is 48.7 Å². The van der Waals surface area contributed by atoms with Crippen LogP contribution in [0.2, 0.25) is 0 Å². The smallest absolute Gasteiger partial charge is 0.275 e. The molecule has 3 rings (SSSR count). The van der Waals surface area contributed by atoms with Gasteiger partial charge in [-0.05, 0) is 24.1 Å². The summed E-state index contributed by atoms with van der Waals surface area (Å²) in [6.07, 6.45) is 2.09. The van der Waals surface area contributed by atoms with Crippen LogP contribution in [-0.4, -0.2) is 29.9 Å². The van der Waals surface area contributed by atoms with Crippen LogP contribution >= 0.6 is 0 Å². The summed E-state index contributed by atoms with van der Waals surface area (Å²) >= 11 is 0. The first-order chi connectivity index (χ1) is 12.2. The number of pyridine rings is 1. The lowest BCUT2D eigenvalue weighted by Crippen LogP contribution is -2.50. The third-order valence-electron chi connectivity index (χ3n) is 3.93. The summed E-state index contributed by atoms with van der Waals surface area (Å²) in [4.78, 5) is 28.3. The monoisotopic (exact) mass is 341 g/mol. The fourth-order valence-electron chi connectivity index (χ4n) is 2.63. The van der Waals surface area contributed by atoms with Gasteiger partial charge in [0.15, 0.2) is 0 Å². The van der Waals surface area contributed by atoms with Gasteiger partial charge in [-0.2, -0.15) is 0 Å². The standard InChI is InChI=1S/C17H19N5O3/c1-25-17-12(8-5-9-18-17)15(23)21-22-16(24)14-10-13(19-20-14)11-6-3-2-4-7-11/h2-9,13-14,19-20H,10H2,1H3,(H,21,23)(H,22,24). The lowest BCUT2D eigenvalue weighted by Gasteiger charge is -2.12. The van der Waals surface area contributed by atoms with Gasteiger partial charge in [0, 0.05) is 12.2 Å². The quantitative estimate of drug-likeness (QED) is 0.602. The Kier molecular flexibility index (Phi) is 5.22. The SMILES string of the molecule is COc1ncccc1C(=O)NNC(=O)C1CC(c2ccccc2)NN1. The minimum absolute atomic E-state index is 0.0334. The molecule has 1 aliphatic rings. The van der Waals surface area contributed by atoms with Gasteiger partial charge in [0.05, 0.1) is 7.11 Å². The Hall–Kier alpha value is -2.97. The Morgan fingerprint density at radius 2 is 1.92 bits per heavy atom. The molecule has 0 bridgehead atoms. The van der Waals surface area contributed by atoms with Crippen molar-refractivity contribution >= 4 is 11.8 Å². The molecule has 4 N–H and O–H groups in total. The van der Waals surface area contributed by atoms with E-state index in [9.17, 15) is 9.59 Å². The van der Waals surface area contributed by atoms with Gasteiger partial charge in [-0.1, -0.05) is 30.3 Å². The number of benzene rings is 1. The van der Waals surface area contributed by atoms with E-state index >= 15 is 0 Å². The first-order valence-electron chi connectivity index (χ1n) is 7.84. The van der Waals surface area contributed by atoms with E-state index in [1.165, 1.54) is 13.3 Å². The molecule has 1 aliphatic heterocycles. The average Bonchev–Trinajstić information content (AvgIpc) is 3.17. The molecular weight excluding hydrogens is 322 g/mol. The maximum atomic E-state index is 12.2. The zero-order valence-electron chi connectivity index (χ0n) is 13.7. The number of aromatic nitrogens is 1. The van der Waals surface area contributed by atoms with E-state index in [2.05, 4.69) is 26.7 Å². The number of rotatable bonds is 4. The number of methoxy groups -OCH3 is 1. The van der Waals surface area contributed by atoms with Crippen LogP contribution in [0.1, 0.15) is 28.4 Å². The molecular formula is C17H19N5O3. The minimum Gasteiger partial charge on any atom is -0.480 e. The van der Waals surface area contributed by atoms with E-state index in [1.807, 2.05) is 30.3 Å². The van der Waals surface area contributed by atoms with E-state index in [1.54, 1.807) is 12.1 Å². The van der Waals surface area contributed by atoms with Crippen molar-refractivity contribution in [1.82, 2.24) is 26.7 Å². The van der Waals surface area contributed by atoms with Gasteiger partial charge < -0.3 is 4.74 Å². The first-order valence-corrected chi connectivity index (χ1v) is 7.84. The molecule has 8 nitrogen and oxygen atoms in total. The van der Waals surface area contributed by atoms with Crippen molar-refractivity contribution in [3.05, 3.63) is 59.8 Å². The maximum Gasteiger partial charge on any atom is 0.275 e. The van der Waals surface area contributed by atoms with Crippen LogP contribution in [0.3, 0.4) is 0 Å². The van der Waals surface area contributed by atoms with Crippen LogP contribution in [-0.2, 0) is 4.79 Å². The molecule has 25 heavy (non-hydrogen) atoms. The number of amides is 2. The first kappa shape index (κ1) is 16.9. The zero-order valence-corrected chi connectivity index (χ0v) is 13.7. The molecule has 2 aromatic rings. The molecule has 2 atom stereocenters. The van der Waals surface area contributed by atoms with Crippen LogP contribution in [0.25, 0.3) is 0 Å². The molecule has 0 aliphatic carbocycles. The summed E-state index contributed by atoms with van der Waals surface area (Å²) < 4.78 is 5.03. The molecule has 2 unspecified atom stereocenters. The molecule has 1 aromatic heterocycles. The van der Waals surface area contributed by atoms with Crippen LogP contribution in [0, 0.1) is 0 Å². The maximum absolute atomic E-state index is 12.2. The predicted molar refractivity (Wildman–Crippen MR) is 90.3 cm³/mol. The van der Waals surface area contributed by atoms with Crippen molar-refractivity contribution in [1.29, 1.82) is 0 Å². The second-order valence-electron chi connectivity index (χ2n) is 5.54. The van der Waals surface area contributed by atoms with Crippen LogP contribution in [0.5, 0.6) is 5.88 Å². The van der Waals surface area contributed by atoms with Crippen LogP contribution in [0.4, 0.5) is 0 Å². The molecule has 2 heterocycles. The van der Waals surface area contributed by atoms with Crippen molar-refractivity contribution in [3.8, 4) is 5.88 Å². The highest BCUT2D eigenvalue weighted by Gasteiger charge is 2.30. The minimum atomic E-state index is -0.496. The largest absolute Gasteiger partial charge is 0.480 e. The number of nitrogens with one attached hydrogen (secondary N) is 4. The highest BCUT2D eigenvalue weighted by molar-refractivity contribution is 5.97. The average molecular weight is 341 g/mol. The summed E-state index contributed by atoms with van der Waals surface area (Å²) in [6, 6.07) is 12.6. The summed E-state index contributed by atoms with van der Waals surface area (Å²) in [5.74, 6) is -0.634. The molecule has 130 valence electrons. The number of ether oxygens (including phenoxy) is 1. The number of hydrazine groups is 2. The van der Waals surface area contributed by atoms with Crippen molar-refractivity contribution in [2.75, 3.05) is 7.11 Å². The number of nitrogens with zero attached hydrogens (tertiary/aromatic N) is 1. The summed E-state index contributed by atoms with van der Waals surface area (Å²) in [6.45, 7) is 0. The second kappa shape index (κ2) is 7.73. The predicted octanol–water partition coefficient (Wildman–Crippen LogP) is 0.459. The normalized spacial score (nSPS) is 19.2. The summed E-state index contributed by atoms with van der Waals surface area (Å²) in [7, 11) is 1.43. The van der Waals surface area contributed by atoms with Gasteiger partial charge in [-0.25, -0.2) is 15.8 Å². The lowest BCUT2D eigenvalue weighted by molar-refractivity contribution is -0.123. The fraction of sp³-hybridized carbons (Fsp3) is 0.235. The Bertz CT molecular complexity index is 753. The topological polar surface area (TPSA) is 104 Å². The molecule has 2 amide bonds. The molecule has 1 aromatic carbocycles. The Morgan fingerprint density at radius 3 is 2.68 bits per heavy atom. The van der Waals surface area contributed by atoms with Crippen LogP contribution < -0.4 is 26.4 Å². The molecule has 1 saturated heterocycles. The van der Waals surface area contributed by atoms with E-state index < -0.39 is 11.9 Å². The van der Waals surface area contributed by atoms with Gasteiger partial charge in [0.1, 0.15) is 11.6 Å². The molecule has 0 radical (unpaired) electrons. The van der Waals surface area contributed by atoms with E-state index in [-0.39, 0.29) is 23.4 Å². The van der Waals surface area contributed by atoms with Gasteiger partial charge >= 0.3 is 0 Å². The highest BCUT2D eigenvalue weighted by atomic mass is 16.5. The number of hydrogen-bond acceptors (Lipinski definition) is 6. The van der Waals surface area contributed by atoms with Gasteiger partial charge in [0.2, 0.25) is 5.88 Å². The number of hydrogen-bond donors (Lipinski definition) is 4. The van der Waals surface area contributed by atoms with Crippen molar-refractivity contribution in [2.45, 2.75) is 18.5 Å². The Labute approximate surface area is 144 Å². The van der Waals surface area contributed by atoms with Gasteiger partial charge in [-0.3, -0.25) is 20.4 Å². The highest BCUT2D eigenvalue weighted by Crippen LogP contribution is 2.21. The molecule has 1 fully saturated rings. The third kappa shape index (κ3) is 3.93. The van der Waals surface area contributed by atoms with Crippen molar-refractivity contribution in [2.24, 2.45) is 0 Å². The summed E-state index contributed by atoms with van der Waals surface area (Å²) in [5, 5.41) is 0. The van der Waals surface area contributed by atoms with Gasteiger partial charge in [0.25, 0.3) is 11.8 Å².